The molecule has 2 heterocycles. The number of nitriles is 1. The van der Waals surface area contributed by atoms with E-state index in [1.54, 1.807) is 42.7 Å². The first-order valence-corrected chi connectivity index (χ1v) is 9.12. The molecule has 0 spiro atoms. The lowest BCUT2D eigenvalue weighted by Gasteiger charge is -2.23. The maximum Gasteiger partial charge on any atom is 0.283 e. The molecule has 28 heavy (non-hydrogen) atoms. The third-order valence-electron chi connectivity index (χ3n) is 4.44. The van der Waals surface area contributed by atoms with Crippen LogP contribution in [0.4, 0.5) is 5.69 Å². The van der Waals surface area contributed by atoms with E-state index in [0.717, 1.165) is 17.9 Å². The standard InChI is InChI=1S/C20H21N5O3/c1-3-10-25(13-18-23-24-20(28-18)17-5-4-11-27-17)14(2)19(26)22-16-8-6-15(12-21)7-9-16/h4-9,11,14H,3,10,13H2,1-2H3,(H,22,26)/p+1/t14-/m1/s1. The molecule has 0 radical (unpaired) electrons. The van der Waals surface area contributed by atoms with Crippen LogP contribution in [0.15, 0.2) is 51.5 Å². The summed E-state index contributed by atoms with van der Waals surface area (Å²) < 4.78 is 10.9. The smallest absolute Gasteiger partial charge is 0.283 e. The molecule has 2 atom stereocenters. The molecule has 0 saturated carbocycles. The summed E-state index contributed by atoms with van der Waals surface area (Å²) in [6.45, 7) is 5.14. The van der Waals surface area contributed by atoms with Crippen LogP contribution in [0.1, 0.15) is 31.7 Å². The van der Waals surface area contributed by atoms with Crippen LogP contribution in [-0.4, -0.2) is 28.7 Å². The van der Waals surface area contributed by atoms with Gasteiger partial charge < -0.3 is 19.1 Å². The molecule has 144 valence electrons. The topological polar surface area (TPSA) is 109 Å². The molecule has 2 aromatic heterocycles. The quantitative estimate of drug-likeness (QED) is 0.619. The highest BCUT2D eigenvalue weighted by Gasteiger charge is 2.27. The number of hydrogen-bond acceptors (Lipinski definition) is 6. The van der Waals surface area contributed by atoms with E-state index in [4.69, 9.17) is 14.1 Å². The lowest BCUT2D eigenvalue weighted by Crippen LogP contribution is -3.15. The van der Waals surface area contributed by atoms with Gasteiger partial charge in [-0.25, -0.2) is 0 Å². The van der Waals surface area contributed by atoms with Gasteiger partial charge in [0.1, 0.15) is 0 Å². The number of hydrogen-bond donors (Lipinski definition) is 2. The lowest BCUT2D eigenvalue weighted by atomic mass is 10.2. The van der Waals surface area contributed by atoms with E-state index in [-0.39, 0.29) is 11.9 Å². The highest BCUT2D eigenvalue weighted by atomic mass is 16.4. The number of nitrogens with one attached hydrogen (secondary N) is 2. The summed E-state index contributed by atoms with van der Waals surface area (Å²) in [5.41, 5.74) is 1.21. The van der Waals surface area contributed by atoms with Gasteiger partial charge in [0.2, 0.25) is 0 Å². The molecule has 0 aliphatic carbocycles. The summed E-state index contributed by atoms with van der Waals surface area (Å²) in [5, 5.41) is 19.8. The van der Waals surface area contributed by atoms with Crippen molar-refractivity contribution in [3.05, 3.63) is 54.1 Å². The Labute approximate surface area is 162 Å². The molecule has 8 nitrogen and oxygen atoms in total. The van der Waals surface area contributed by atoms with Crippen molar-refractivity contribution in [2.75, 3.05) is 11.9 Å². The summed E-state index contributed by atoms with van der Waals surface area (Å²) in [6, 6.07) is 12.0. The van der Waals surface area contributed by atoms with E-state index in [1.807, 2.05) is 6.92 Å². The van der Waals surface area contributed by atoms with Gasteiger partial charge in [-0.3, -0.25) is 4.79 Å². The second kappa shape index (κ2) is 8.97. The Bertz CT molecular complexity index is 941. The van der Waals surface area contributed by atoms with Crippen molar-refractivity contribution in [1.82, 2.24) is 10.2 Å². The van der Waals surface area contributed by atoms with E-state index in [9.17, 15) is 4.79 Å². The van der Waals surface area contributed by atoms with Gasteiger partial charge in [-0.1, -0.05) is 6.92 Å². The van der Waals surface area contributed by atoms with Crippen LogP contribution >= 0.6 is 0 Å². The van der Waals surface area contributed by atoms with E-state index in [0.29, 0.717) is 35.3 Å². The summed E-state index contributed by atoms with van der Waals surface area (Å²) >= 11 is 0. The largest absolute Gasteiger partial charge is 0.459 e. The molecule has 2 N–H and O–H groups in total. The summed E-state index contributed by atoms with van der Waals surface area (Å²) in [7, 11) is 0. The van der Waals surface area contributed by atoms with Crippen molar-refractivity contribution in [3.63, 3.8) is 0 Å². The number of nitrogens with zero attached hydrogens (tertiary/aromatic N) is 3. The van der Waals surface area contributed by atoms with Crippen LogP contribution in [0.2, 0.25) is 0 Å². The monoisotopic (exact) mass is 380 g/mol. The van der Waals surface area contributed by atoms with Gasteiger partial charge >= 0.3 is 0 Å². The molecule has 3 aromatic rings. The number of carbonyl (C=O) groups excluding carboxylic acids is 1. The highest BCUT2D eigenvalue weighted by molar-refractivity contribution is 5.93. The second-order valence-corrected chi connectivity index (χ2v) is 6.46. The van der Waals surface area contributed by atoms with Crippen molar-refractivity contribution in [2.24, 2.45) is 0 Å². The molecule has 8 heteroatoms. The van der Waals surface area contributed by atoms with Crippen LogP contribution in [-0.2, 0) is 11.3 Å². The number of amides is 1. The molecule has 0 fully saturated rings. The van der Waals surface area contributed by atoms with Gasteiger partial charge in [0.15, 0.2) is 18.3 Å². The van der Waals surface area contributed by atoms with Crippen molar-refractivity contribution in [2.45, 2.75) is 32.9 Å². The molecule has 3 rings (SSSR count). The Morgan fingerprint density at radius 3 is 2.71 bits per heavy atom. The van der Waals surface area contributed by atoms with Crippen LogP contribution in [0, 0.1) is 11.3 Å². The second-order valence-electron chi connectivity index (χ2n) is 6.46. The van der Waals surface area contributed by atoms with Crippen LogP contribution in [0.5, 0.6) is 0 Å². The van der Waals surface area contributed by atoms with E-state index in [1.165, 1.54) is 0 Å². The highest BCUT2D eigenvalue weighted by Crippen LogP contribution is 2.17. The van der Waals surface area contributed by atoms with Gasteiger partial charge in [0, 0.05) is 5.69 Å². The van der Waals surface area contributed by atoms with Crippen molar-refractivity contribution >= 4 is 11.6 Å². The normalized spacial score (nSPS) is 12.9. The fraction of sp³-hybridized carbons (Fsp3) is 0.300. The summed E-state index contributed by atoms with van der Waals surface area (Å²) in [6.07, 6.45) is 2.45. The summed E-state index contributed by atoms with van der Waals surface area (Å²) in [4.78, 5) is 13.7. The molecule has 0 saturated heterocycles. The molecule has 1 aromatic carbocycles. The zero-order valence-corrected chi connectivity index (χ0v) is 15.8. The first-order chi connectivity index (χ1) is 13.6. The van der Waals surface area contributed by atoms with Crippen LogP contribution in [0.3, 0.4) is 0 Å². The maximum absolute atomic E-state index is 12.7. The Morgan fingerprint density at radius 2 is 2.07 bits per heavy atom. The Morgan fingerprint density at radius 1 is 1.29 bits per heavy atom. The molecular formula is C20H22N5O3+. The molecule has 0 aliphatic rings. The number of furan rings is 1. The summed E-state index contributed by atoms with van der Waals surface area (Å²) in [5.74, 6) is 1.18. The minimum absolute atomic E-state index is 0.112. The van der Waals surface area contributed by atoms with Crippen molar-refractivity contribution in [1.29, 1.82) is 5.26 Å². The van der Waals surface area contributed by atoms with Gasteiger partial charge in [0.25, 0.3) is 17.7 Å². The number of benzene rings is 1. The average Bonchev–Trinajstić information content (AvgIpc) is 3.39. The Kier molecular flexibility index (Phi) is 6.19. The van der Waals surface area contributed by atoms with Gasteiger partial charge in [-0.2, -0.15) is 5.26 Å². The number of aromatic nitrogens is 2. The van der Waals surface area contributed by atoms with E-state index >= 15 is 0 Å². The predicted octanol–water partition coefficient (Wildman–Crippen LogP) is 2.02. The number of quaternary nitrogens is 1. The fourth-order valence-corrected chi connectivity index (χ4v) is 2.86. The minimum atomic E-state index is -0.324. The van der Waals surface area contributed by atoms with Crippen LogP contribution in [0.25, 0.3) is 11.7 Å². The zero-order chi connectivity index (χ0) is 19.9. The minimum Gasteiger partial charge on any atom is -0.459 e. The van der Waals surface area contributed by atoms with Gasteiger partial charge in [0.05, 0.1) is 24.4 Å². The number of anilines is 1. The van der Waals surface area contributed by atoms with E-state index in [2.05, 4.69) is 28.5 Å². The third-order valence-corrected chi connectivity index (χ3v) is 4.44. The third kappa shape index (κ3) is 4.64. The lowest BCUT2D eigenvalue weighted by molar-refractivity contribution is -0.928. The predicted molar refractivity (Wildman–Crippen MR) is 101 cm³/mol. The SMILES string of the molecule is CCC[NH+](Cc1nnc(-c2ccco2)o1)[C@H](C)C(=O)Nc1ccc(C#N)cc1. The number of carbonyl (C=O) groups is 1. The Balaban J connectivity index is 1.66. The van der Waals surface area contributed by atoms with Gasteiger partial charge in [-0.15, -0.1) is 10.2 Å². The molecule has 1 unspecified atom stereocenters. The maximum atomic E-state index is 12.7. The van der Waals surface area contributed by atoms with Crippen molar-refractivity contribution < 1.29 is 18.5 Å². The number of rotatable bonds is 8. The molecule has 0 bridgehead atoms. The fourth-order valence-electron chi connectivity index (χ4n) is 2.86. The first kappa shape index (κ1) is 19.3. The molecular weight excluding hydrogens is 358 g/mol. The zero-order valence-electron chi connectivity index (χ0n) is 15.8. The molecule has 1 amide bonds. The molecule has 0 aliphatic heterocycles. The van der Waals surface area contributed by atoms with Crippen LogP contribution < -0.4 is 10.2 Å². The van der Waals surface area contributed by atoms with E-state index < -0.39 is 0 Å². The Hall–Kier alpha value is -3.44. The van der Waals surface area contributed by atoms with Gasteiger partial charge in [-0.05, 0) is 49.7 Å². The first-order valence-electron chi connectivity index (χ1n) is 9.12. The average molecular weight is 380 g/mol. The van der Waals surface area contributed by atoms with Crippen molar-refractivity contribution in [3.8, 4) is 17.7 Å².